The van der Waals surface area contributed by atoms with Crippen LogP contribution in [0.3, 0.4) is 0 Å². The molecule has 1 aromatic rings. The second kappa shape index (κ2) is 15.6. The van der Waals surface area contributed by atoms with E-state index in [1.807, 2.05) is 35.2 Å². The molecule has 0 spiro atoms. The maximum Gasteiger partial charge on any atom is 0.490 e. The summed E-state index contributed by atoms with van der Waals surface area (Å²) in [7, 11) is 4.24. The van der Waals surface area contributed by atoms with E-state index in [2.05, 4.69) is 23.9 Å². The number of benzene rings is 1. The van der Waals surface area contributed by atoms with Crippen molar-refractivity contribution in [1.29, 1.82) is 0 Å². The number of piperidine rings is 1. The Balaban J connectivity index is 0.000000449. The maximum atomic E-state index is 12.6. The summed E-state index contributed by atoms with van der Waals surface area (Å²) in [4.78, 5) is 37.2. The van der Waals surface area contributed by atoms with Gasteiger partial charge in [0.05, 0.1) is 19.1 Å². The number of hydrogen-bond acceptors (Lipinski definition) is 6. The van der Waals surface area contributed by atoms with Crippen LogP contribution >= 0.6 is 0 Å². The molecule has 0 saturated carbocycles. The fourth-order valence-corrected chi connectivity index (χ4v) is 3.77. The first-order chi connectivity index (χ1) is 18.0. The van der Waals surface area contributed by atoms with Gasteiger partial charge in [0.15, 0.2) is 0 Å². The molecule has 3 rings (SSSR count). The highest BCUT2D eigenvalue weighted by Crippen LogP contribution is 2.24. The van der Waals surface area contributed by atoms with E-state index in [4.69, 9.17) is 24.5 Å². The van der Waals surface area contributed by atoms with Crippen LogP contribution in [0.1, 0.15) is 12.0 Å². The Kier molecular flexibility index (Phi) is 13.7. The second-order valence-corrected chi connectivity index (χ2v) is 9.17. The molecule has 0 unspecified atom stereocenters. The number of hydrogen-bond donors (Lipinski definition) is 2. The lowest BCUT2D eigenvalue weighted by Crippen LogP contribution is -2.49. The molecule has 0 aromatic heterocycles. The summed E-state index contributed by atoms with van der Waals surface area (Å²) in [5, 5.41) is 14.2. The molecule has 2 aliphatic heterocycles. The summed E-state index contributed by atoms with van der Waals surface area (Å²) in [5.41, 5.74) is 1.09. The van der Waals surface area contributed by atoms with Crippen LogP contribution in [0.25, 0.3) is 0 Å². The Hall–Kier alpha value is -2.91. The molecule has 2 saturated heterocycles. The average Bonchev–Trinajstić information content (AvgIpc) is 3.04. The molecule has 0 bridgehead atoms. The Labute approximate surface area is 221 Å². The van der Waals surface area contributed by atoms with E-state index in [0.717, 1.165) is 57.9 Å². The van der Waals surface area contributed by atoms with Crippen LogP contribution < -0.4 is 0 Å². The number of halogens is 6. The minimum atomic E-state index is -5.08. The Morgan fingerprint density at radius 3 is 1.97 bits per heavy atom. The zero-order valence-corrected chi connectivity index (χ0v) is 21.5. The summed E-state index contributed by atoms with van der Waals surface area (Å²) in [5.74, 6) is -4.74. The van der Waals surface area contributed by atoms with Gasteiger partial charge >= 0.3 is 24.3 Å². The first-order valence-corrected chi connectivity index (χ1v) is 11.9. The summed E-state index contributed by atoms with van der Waals surface area (Å²) in [6, 6.07) is 10.0. The van der Waals surface area contributed by atoms with Crippen LogP contribution in [0.4, 0.5) is 26.3 Å². The van der Waals surface area contributed by atoms with E-state index in [0.29, 0.717) is 12.3 Å². The number of nitrogens with zero attached hydrogens (tertiary/aromatic N) is 3. The molecule has 39 heavy (non-hydrogen) atoms. The van der Waals surface area contributed by atoms with Gasteiger partial charge in [0, 0.05) is 45.2 Å². The molecular formula is C24H33F6N3O6. The molecule has 2 N–H and O–H groups in total. The molecule has 15 heteroatoms. The number of amides is 1. The lowest BCUT2D eigenvalue weighted by molar-refractivity contribution is -0.193. The highest BCUT2D eigenvalue weighted by atomic mass is 19.4. The molecule has 222 valence electrons. The van der Waals surface area contributed by atoms with Crippen LogP contribution in [-0.2, 0) is 25.5 Å². The molecule has 0 radical (unpaired) electrons. The Morgan fingerprint density at radius 2 is 1.49 bits per heavy atom. The normalized spacial score (nSPS) is 20.0. The number of rotatable bonds is 5. The van der Waals surface area contributed by atoms with Crippen LogP contribution in [0.2, 0.25) is 0 Å². The first-order valence-electron chi connectivity index (χ1n) is 11.9. The maximum absolute atomic E-state index is 12.6. The van der Waals surface area contributed by atoms with E-state index >= 15 is 0 Å². The van der Waals surface area contributed by atoms with Crippen molar-refractivity contribution < 1.29 is 55.7 Å². The summed E-state index contributed by atoms with van der Waals surface area (Å²) in [6.45, 7) is 6.65. The van der Waals surface area contributed by atoms with Crippen molar-refractivity contribution in [1.82, 2.24) is 14.7 Å². The highest BCUT2D eigenvalue weighted by molar-refractivity contribution is 5.79. The fraction of sp³-hybridized carbons (Fsp3) is 0.625. The van der Waals surface area contributed by atoms with Gasteiger partial charge in [0.1, 0.15) is 0 Å². The van der Waals surface area contributed by atoms with Crippen LogP contribution in [-0.4, -0.2) is 121 Å². The first kappa shape index (κ1) is 34.1. The molecule has 2 fully saturated rings. The third-order valence-corrected chi connectivity index (χ3v) is 5.83. The number of carbonyl (C=O) groups is 3. The topological polar surface area (TPSA) is 111 Å². The number of ether oxygens (including phenoxy) is 1. The third-order valence-electron chi connectivity index (χ3n) is 5.83. The van der Waals surface area contributed by atoms with E-state index in [9.17, 15) is 31.1 Å². The van der Waals surface area contributed by atoms with Gasteiger partial charge in [-0.25, -0.2) is 9.59 Å². The van der Waals surface area contributed by atoms with Gasteiger partial charge in [-0.2, -0.15) is 26.3 Å². The molecule has 1 amide bonds. The standard InChI is InChI=1S/C20H31N3O2.2C2HF3O2/c1-21(2)10-11-22-12-13-25-19-16-23(9-8-18(19)15-22)20(24)14-17-6-4-3-5-7-17;2*3-2(4,5)1(6)7/h3-7,18-19H,8-16H2,1-2H3;2*(H,6,7)/t18-,19-;;/m1../s1. The number of aliphatic carboxylic acids is 2. The smallest absolute Gasteiger partial charge is 0.475 e. The molecule has 1 aromatic carbocycles. The largest absolute Gasteiger partial charge is 0.490 e. The number of carboxylic acid groups (broad SMARTS) is 2. The van der Waals surface area contributed by atoms with Crippen molar-refractivity contribution in [3.63, 3.8) is 0 Å². The molecule has 9 nitrogen and oxygen atoms in total. The summed E-state index contributed by atoms with van der Waals surface area (Å²) >= 11 is 0. The van der Waals surface area contributed by atoms with E-state index in [-0.39, 0.29) is 12.0 Å². The quantitative estimate of drug-likeness (QED) is 0.518. The zero-order valence-electron chi connectivity index (χ0n) is 21.5. The monoisotopic (exact) mass is 573 g/mol. The lowest BCUT2D eigenvalue weighted by Gasteiger charge is -2.38. The number of likely N-dealkylation sites (tertiary alicyclic amines) is 1. The van der Waals surface area contributed by atoms with Gasteiger partial charge in [0.2, 0.25) is 5.91 Å². The third kappa shape index (κ3) is 13.6. The van der Waals surface area contributed by atoms with Gasteiger partial charge in [-0.1, -0.05) is 30.3 Å². The predicted molar refractivity (Wildman–Crippen MR) is 127 cm³/mol. The molecule has 0 aliphatic carbocycles. The van der Waals surface area contributed by atoms with Crippen molar-refractivity contribution in [2.75, 3.05) is 60.0 Å². The lowest BCUT2D eigenvalue weighted by atomic mass is 9.93. The van der Waals surface area contributed by atoms with Crippen LogP contribution in [0, 0.1) is 5.92 Å². The summed E-state index contributed by atoms with van der Waals surface area (Å²) < 4.78 is 69.6. The predicted octanol–water partition coefficient (Wildman–Crippen LogP) is 2.61. The van der Waals surface area contributed by atoms with E-state index in [1.54, 1.807) is 0 Å². The van der Waals surface area contributed by atoms with E-state index in [1.165, 1.54) is 0 Å². The van der Waals surface area contributed by atoms with Crippen molar-refractivity contribution in [2.24, 2.45) is 5.92 Å². The van der Waals surface area contributed by atoms with Gasteiger partial charge in [-0.3, -0.25) is 9.69 Å². The van der Waals surface area contributed by atoms with Crippen LogP contribution in [0.5, 0.6) is 0 Å². The number of fused-ring (bicyclic) bond motifs is 1. The number of carbonyl (C=O) groups excluding carboxylic acids is 1. The average molecular weight is 574 g/mol. The number of carboxylic acids is 2. The molecule has 2 atom stereocenters. The van der Waals surface area contributed by atoms with Crippen LogP contribution in [0.15, 0.2) is 30.3 Å². The second-order valence-electron chi connectivity index (χ2n) is 9.17. The minimum Gasteiger partial charge on any atom is -0.475 e. The summed E-state index contributed by atoms with van der Waals surface area (Å²) in [6.07, 6.45) is -8.44. The van der Waals surface area contributed by atoms with Crippen molar-refractivity contribution in [3.8, 4) is 0 Å². The highest BCUT2D eigenvalue weighted by Gasteiger charge is 2.39. The number of likely N-dealkylation sites (N-methyl/N-ethyl adjacent to an activating group) is 1. The Morgan fingerprint density at radius 1 is 0.949 bits per heavy atom. The SMILES string of the molecule is CN(C)CCN1CCO[C@@H]2CN(C(=O)Cc3ccccc3)CC[C@@H]2C1.O=C(O)C(F)(F)F.O=C(O)C(F)(F)F. The molecular weight excluding hydrogens is 540 g/mol. The van der Waals surface area contributed by atoms with Gasteiger partial charge in [-0.05, 0) is 26.1 Å². The van der Waals surface area contributed by atoms with Crippen molar-refractivity contribution in [2.45, 2.75) is 31.3 Å². The van der Waals surface area contributed by atoms with Crippen molar-refractivity contribution in [3.05, 3.63) is 35.9 Å². The van der Waals surface area contributed by atoms with Gasteiger partial charge in [-0.15, -0.1) is 0 Å². The number of alkyl halides is 6. The minimum absolute atomic E-state index is 0.192. The zero-order chi connectivity index (χ0) is 29.8. The Bertz CT molecular complexity index is 890. The molecule has 2 heterocycles. The van der Waals surface area contributed by atoms with Crippen molar-refractivity contribution >= 4 is 17.8 Å². The van der Waals surface area contributed by atoms with Gasteiger partial charge < -0.3 is 24.7 Å². The van der Waals surface area contributed by atoms with E-state index < -0.39 is 24.3 Å². The van der Waals surface area contributed by atoms with Gasteiger partial charge in [0.25, 0.3) is 0 Å². The molecule has 2 aliphatic rings. The fourth-order valence-electron chi connectivity index (χ4n) is 3.77.